The monoisotopic (exact) mass is 539 g/mol. The zero-order chi connectivity index (χ0) is 27.3. The summed E-state index contributed by atoms with van der Waals surface area (Å²) in [5.74, 6) is -1.34. The summed E-state index contributed by atoms with van der Waals surface area (Å²) in [6, 6.07) is 7.86. The van der Waals surface area contributed by atoms with Crippen LogP contribution < -0.4 is 5.32 Å². The normalized spacial score (nSPS) is 21.2. The number of nitrogens with one attached hydrogen (secondary N) is 1. The lowest BCUT2D eigenvalue weighted by Crippen LogP contribution is -2.54. The number of anilines is 1. The first-order valence-corrected chi connectivity index (χ1v) is 13.9. The Kier molecular flexibility index (Phi) is 6.79. The number of hydrogen-bond donors (Lipinski definition) is 2. The van der Waals surface area contributed by atoms with Crippen molar-refractivity contribution in [2.45, 2.75) is 64.1 Å². The smallest absolute Gasteiger partial charge is 0.295 e. The van der Waals surface area contributed by atoms with Gasteiger partial charge in [0.2, 0.25) is 5.91 Å². The van der Waals surface area contributed by atoms with Crippen molar-refractivity contribution in [1.29, 1.82) is 0 Å². The highest BCUT2D eigenvalue weighted by molar-refractivity contribution is 5.89. The van der Waals surface area contributed by atoms with Crippen molar-refractivity contribution < 1.29 is 23.4 Å². The van der Waals surface area contributed by atoms with Gasteiger partial charge in [-0.2, -0.15) is 8.78 Å². The molecule has 1 aromatic carbocycles. The van der Waals surface area contributed by atoms with Gasteiger partial charge >= 0.3 is 0 Å². The van der Waals surface area contributed by atoms with Crippen molar-refractivity contribution in [3.63, 3.8) is 0 Å². The second kappa shape index (κ2) is 10.1. The summed E-state index contributed by atoms with van der Waals surface area (Å²) in [5.41, 5.74) is 2.30. The number of halogens is 2. The molecule has 1 amide bonds. The van der Waals surface area contributed by atoms with Crippen LogP contribution in [0.5, 0.6) is 0 Å². The Bertz CT molecular complexity index is 1380. The third kappa shape index (κ3) is 4.78. The highest BCUT2D eigenvalue weighted by Crippen LogP contribution is 2.41. The van der Waals surface area contributed by atoms with Gasteiger partial charge in [0, 0.05) is 48.8 Å². The summed E-state index contributed by atoms with van der Waals surface area (Å²) in [6.07, 6.45) is 4.19. The number of ether oxygens (including phenoxy) is 1. The summed E-state index contributed by atoms with van der Waals surface area (Å²) >= 11 is 0. The Morgan fingerprint density at radius 1 is 1.23 bits per heavy atom. The molecule has 0 bridgehead atoms. The molecule has 2 N–H and O–H groups in total. The van der Waals surface area contributed by atoms with Gasteiger partial charge in [0.25, 0.3) is 5.92 Å². The molecule has 1 saturated heterocycles. The molecule has 39 heavy (non-hydrogen) atoms. The van der Waals surface area contributed by atoms with Crippen molar-refractivity contribution >= 4 is 22.8 Å². The number of amides is 1. The van der Waals surface area contributed by atoms with E-state index in [1.165, 1.54) is 12.1 Å². The van der Waals surface area contributed by atoms with Gasteiger partial charge in [0.1, 0.15) is 30.0 Å². The molecule has 1 saturated carbocycles. The lowest BCUT2D eigenvalue weighted by molar-refractivity contribution is -0.148. The summed E-state index contributed by atoms with van der Waals surface area (Å²) in [7, 11) is 0. The second-order valence-corrected chi connectivity index (χ2v) is 11.2. The predicted molar refractivity (Wildman–Crippen MR) is 142 cm³/mol. The van der Waals surface area contributed by atoms with Gasteiger partial charge in [0.15, 0.2) is 0 Å². The SMILES string of the molecule is Cc1nc(N[C@H](C)c2cccc(C(F)(F)CO)c2)c2cc3n(c2n1)CCOC3C1CN(C(=O)C2CCCC2)C1. The van der Waals surface area contributed by atoms with Crippen LogP contribution in [0.1, 0.15) is 67.4 Å². The van der Waals surface area contributed by atoms with Crippen LogP contribution in [-0.2, 0) is 22.0 Å². The second-order valence-electron chi connectivity index (χ2n) is 11.2. The number of rotatable bonds is 7. The molecule has 1 aliphatic carbocycles. The molecule has 0 radical (unpaired) electrons. The van der Waals surface area contributed by atoms with Gasteiger partial charge in [0.05, 0.1) is 12.0 Å². The fourth-order valence-electron chi connectivity index (χ4n) is 6.30. The summed E-state index contributed by atoms with van der Waals surface area (Å²) in [5, 5.41) is 13.4. The van der Waals surface area contributed by atoms with E-state index in [9.17, 15) is 13.6 Å². The minimum Gasteiger partial charge on any atom is -0.390 e. The third-order valence-corrected chi connectivity index (χ3v) is 8.52. The molecule has 8 nitrogen and oxygen atoms in total. The maximum atomic E-state index is 14.1. The van der Waals surface area contributed by atoms with E-state index in [1.807, 2.05) is 18.7 Å². The van der Waals surface area contributed by atoms with E-state index in [0.29, 0.717) is 49.4 Å². The molecule has 6 rings (SSSR count). The average Bonchev–Trinajstić information content (AvgIpc) is 3.57. The standard InChI is InChI=1S/C29H35F2N5O3/c1-17(20-8-5-9-22(12-20)29(30,31)16-37)32-26-23-13-24-25(39-11-10-36(24)27(23)34-18(2)33-26)21-14-35(15-21)28(38)19-6-3-4-7-19/h5,8-9,12-13,17,19,21,25,37H,3-4,6-7,10-11,14-16H2,1-2H3,(H,32,33,34)/t17-,25?/m1/s1. The summed E-state index contributed by atoms with van der Waals surface area (Å²) in [4.78, 5) is 24.2. The molecule has 208 valence electrons. The Morgan fingerprint density at radius 3 is 2.74 bits per heavy atom. The number of carbonyl (C=O) groups is 1. The first-order chi connectivity index (χ1) is 18.7. The van der Waals surface area contributed by atoms with Gasteiger partial charge in [-0.25, -0.2) is 9.97 Å². The molecule has 10 heteroatoms. The number of likely N-dealkylation sites (tertiary alicyclic amines) is 1. The van der Waals surface area contributed by atoms with Crippen LogP contribution in [0.2, 0.25) is 0 Å². The maximum absolute atomic E-state index is 14.1. The number of carbonyl (C=O) groups excluding carboxylic acids is 1. The van der Waals surface area contributed by atoms with E-state index >= 15 is 0 Å². The van der Waals surface area contributed by atoms with Gasteiger partial charge in [-0.1, -0.05) is 31.0 Å². The van der Waals surface area contributed by atoms with Crippen LogP contribution in [0.4, 0.5) is 14.6 Å². The minimum absolute atomic E-state index is 0.122. The van der Waals surface area contributed by atoms with Crippen molar-refractivity contribution in [2.24, 2.45) is 11.8 Å². The largest absolute Gasteiger partial charge is 0.390 e. The van der Waals surface area contributed by atoms with Crippen molar-refractivity contribution in [3.8, 4) is 0 Å². The van der Waals surface area contributed by atoms with E-state index in [0.717, 1.165) is 42.4 Å². The molecule has 4 heterocycles. The Morgan fingerprint density at radius 2 is 2.00 bits per heavy atom. The predicted octanol–water partition coefficient (Wildman–Crippen LogP) is 4.72. The summed E-state index contributed by atoms with van der Waals surface area (Å²) < 4.78 is 36.6. The number of aromatic nitrogens is 3. The van der Waals surface area contributed by atoms with Crippen molar-refractivity contribution in [2.75, 3.05) is 31.6 Å². The fourth-order valence-corrected chi connectivity index (χ4v) is 6.30. The molecule has 2 aliphatic heterocycles. The Hall–Kier alpha value is -3.11. The zero-order valence-electron chi connectivity index (χ0n) is 22.4. The lowest BCUT2D eigenvalue weighted by Gasteiger charge is -2.45. The Labute approximate surface area is 226 Å². The third-order valence-electron chi connectivity index (χ3n) is 8.52. The highest BCUT2D eigenvalue weighted by Gasteiger charge is 2.42. The molecule has 2 atom stereocenters. The minimum atomic E-state index is -3.30. The number of hydrogen-bond acceptors (Lipinski definition) is 6. The van der Waals surface area contributed by atoms with Crippen molar-refractivity contribution in [3.05, 3.63) is 53.0 Å². The Balaban J connectivity index is 1.25. The van der Waals surface area contributed by atoms with Gasteiger partial charge in [-0.05, 0) is 44.4 Å². The average molecular weight is 540 g/mol. The molecule has 2 aromatic heterocycles. The van der Waals surface area contributed by atoms with E-state index < -0.39 is 12.5 Å². The van der Waals surface area contributed by atoms with E-state index in [1.54, 1.807) is 12.1 Å². The maximum Gasteiger partial charge on any atom is 0.295 e. The molecular weight excluding hydrogens is 504 g/mol. The molecule has 0 spiro atoms. The molecule has 2 fully saturated rings. The molecule has 1 unspecified atom stereocenters. The molecule has 3 aromatic rings. The fraction of sp³-hybridized carbons (Fsp3) is 0.552. The van der Waals surface area contributed by atoms with Gasteiger partial charge < -0.3 is 24.6 Å². The quantitative estimate of drug-likeness (QED) is 0.452. The van der Waals surface area contributed by atoms with Gasteiger partial charge in [-0.15, -0.1) is 0 Å². The number of alkyl halides is 2. The first-order valence-electron chi connectivity index (χ1n) is 13.9. The topological polar surface area (TPSA) is 92.5 Å². The first kappa shape index (κ1) is 26.1. The van der Waals surface area contributed by atoms with Crippen LogP contribution >= 0.6 is 0 Å². The van der Waals surface area contributed by atoms with E-state index in [-0.39, 0.29) is 29.5 Å². The molecule has 3 aliphatic rings. The van der Waals surface area contributed by atoms with Crippen LogP contribution in [0, 0.1) is 18.8 Å². The van der Waals surface area contributed by atoms with E-state index in [4.69, 9.17) is 14.8 Å². The number of aliphatic hydroxyl groups is 1. The van der Waals surface area contributed by atoms with Gasteiger partial charge in [-0.3, -0.25) is 4.79 Å². The molecular formula is C29H35F2N5O3. The van der Waals surface area contributed by atoms with Crippen LogP contribution in [0.3, 0.4) is 0 Å². The number of benzene rings is 1. The van der Waals surface area contributed by atoms with E-state index in [2.05, 4.69) is 20.9 Å². The number of fused-ring (bicyclic) bond motifs is 3. The van der Waals surface area contributed by atoms with Crippen LogP contribution in [-0.4, -0.2) is 56.8 Å². The lowest BCUT2D eigenvalue weighted by atomic mass is 9.89. The zero-order valence-corrected chi connectivity index (χ0v) is 22.4. The van der Waals surface area contributed by atoms with Crippen molar-refractivity contribution in [1.82, 2.24) is 19.4 Å². The van der Waals surface area contributed by atoms with Crippen LogP contribution in [0.25, 0.3) is 11.0 Å². The highest BCUT2D eigenvalue weighted by atomic mass is 19.3. The van der Waals surface area contributed by atoms with Crippen LogP contribution in [0.15, 0.2) is 30.3 Å². The number of aliphatic hydroxyl groups excluding tert-OH is 1. The number of aryl methyl sites for hydroxylation is 1. The summed E-state index contributed by atoms with van der Waals surface area (Å²) in [6.45, 7) is 5.17. The number of nitrogens with zero attached hydrogens (tertiary/aromatic N) is 4.